The van der Waals surface area contributed by atoms with Gasteiger partial charge in [0, 0.05) is 46.8 Å². The molecule has 2 rings (SSSR count). The Kier molecular flexibility index (Phi) is 21.8. The second-order valence-corrected chi connectivity index (χ2v) is 19.2. The average molecular weight is 881 g/mol. The molecule has 0 saturated carbocycles. The molecule has 17 heteroatoms. The van der Waals surface area contributed by atoms with Crippen molar-refractivity contribution in [1.82, 2.24) is 30.7 Å². The number of carbonyl (C=O) groups excluding carboxylic acids is 5. The average Bonchev–Trinajstić information content (AvgIpc) is 3.68. The number of hydrogen-bond donors (Lipinski definition) is 4. The molecule has 0 aliphatic carbocycles. The van der Waals surface area contributed by atoms with Gasteiger partial charge in [0.15, 0.2) is 0 Å². The number of amides is 5. The lowest BCUT2D eigenvalue weighted by atomic mass is 9.89. The van der Waals surface area contributed by atoms with Gasteiger partial charge in [0.25, 0.3) is 10.1 Å². The van der Waals surface area contributed by atoms with Crippen LogP contribution in [-0.2, 0) is 50.0 Å². The molecule has 61 heavy (non-hydrogen) atoms. The van der Waals surface area contributed by atoms with E-state index in [-0.39, 0.29) is 60.9 Å². The number of likely N-dealkylation sites (N-methyl/N-ethyl adjacent to an activating group) is 2. The Morgan fingerprint density at radius 1 is 0.885 bits per heavy atom. The minimum Gasteiger partial charge on any atom is -0.379 e. The summed E-state index contributed by atoms with van der Waals surface area (Å²) < 4.78 is 43.6. The SMILES string of the molecule is CC[C@H](C)[C@@H]([C@@H](CC(=O)N1CCC[C@H]1[C@H](OC)[C@@H](C)C(=O)N[C@@H](Cc1ccccc1)C(=O)NCCS(=O)(=O)O)OC)N(C)C(=O)C(NC(=O)[C@H](C(C)C)N(C)C(C)C)C(C)C. The van der Waals surface area contributed by atoms with Crippen LogP contribution in [0, 0.1) is 23.7 Å². The highest BCUT2D eigenvalue weighted by atomic mass is 32.2. The summed E-state index contributed by atoms with van der Waals surface area (Å²) in [5, 5.41) is 8.37. The maximum atomic E-state index is 14.4. The van der Waals surface area contributed by atoms with Crippen LogP contribution in [0.1, 0.15) is 93.6 Å². The van der Waals surface area contributed by atoms with Crippen LogP contribution in [0.3, 0.4) is 0 Å². The van der Waals surface area contributed by atoms with E-state index in [1.807, 2.05) is 73.4 Å². The lowest BCUT2D eigenvalue weighted by molar-refractivity contribution is -0.148. The molecule has 5 amide bonds. The first-order valence-electron chi connectivity index (χ1n) is 21.7. The van der Waals surface area contributed by atoms with Crippen LogP contribution in [-0.4, -0.2) is 153 Å². The molecule has 9 atom stereocenters. The lowest BCUT2D eigenvalue weighted by Crippen LogP contribution is -2.60. The first-order valence-corrected chi connectivity index (χ1v) is 23.3. The fourth-order valence-electron chi connectivity index (χ4n) is 8.35. The van der Waals surface area contributed by atoms with Gasteiger partial charge in [-0.1, -0.05) is 85.2 Å². The Bertz CT molecular complexity index is 1680. The molecule has 1 saturated heterocycles. The normalized spacial score (nSPS) is 18.6. The molecular formula is C44H76N6O10S. The second kappa shape index (κ2) is 24.9. The summed E-state index contributed by atoms with van der Waals surface area (Å²) in [6.45, 7) is 17.6. The molecule has 1 aliphatic rings. The molecule has 0 radical (unpaired) electrons. The summed E-state index contributed by atoms with van der Waals surface area (Å²) >= 11 is 0. The maximum Gasteiger partial charge on any atom is 0.266 e. The van der Waals surface area contributed by atoms with Gasteiger partial charge in [0.2, 0.25) is 29.5 Å². The predicted molar refractivity (Wildman–Crippen MR) is 236 cm³/mol. The van der Waals surface area contributed by atoms with Gasteiger partial charge < -0.3 is 35.2 Å². The number of nitrogens with one attached hydrogen (secondary N) is 3. The van der Waals surface area contributed by atoms with Gasteiger partial charge in [-0.3, -0.25) is 33.4 Å². The molecular weight excluding hydrogens is 805 g/mol. The Hall–Kier alpha value is -3.64. The third-order valence-electron chi connectivity index (χ3n) is 12.2. The van der Waals surface area contributed by atoms with Gasteiger partial charge in [0.05, 0.1) is 48.4 Å². The maximum absolute atomic E-state index is 14.4. The zero-order valence-corrected chi connectivity index (χ0v) is 39.7. The van der Waals surface area contributed by atoms with E-state index in [0.717, 1.165) is 5.56 Å². The van der Waals surface area contributed by atoms with Crippen LogP contribution in [0.25, 0.3) is 0 Å². The highest BCUT2D eigenvalue weighted by Gasteiger charge is 2.43. The number of rotatable bonds is 25. The lowest BCUT2D eigenvalue weighted by Gasteiger charge is -2.41. The van der Waals surface area contributed by atoms with E-state index in [1.54, 1.807) is 48.0 Å². The number of ether oxygens (including phenoxy) is 2. The van der Waals surface area contributed by atoms with Crippen molar-refractivity contribution >= 4 is 39.7 Å². The van der Waals surface area contributed by atoms with Crippen molar-refractivity contribution in [2.75, 3.05) is 47.2 Å². The molecule has 1 aliphatic heterocycles. The van der Waals surface area contributed by atoms with Crippen molar-refractivity contribution in [3.8, 4) is 0 Å². The van der Waals surface area contributed by atoms with Gasteiger partial charge in [-0.05, 0) is 57.1 Å². The van der Waals surface area contributed by atoms with Gasteiger partial charge >= 0.3 is 0 Å². The van der Waals surface area contributed by atoms with Crippen molar-refractivity contribution in [2.24, 2.45) is 23.7 Å². The van der Waals surface area contributed by atoms with Crippen LogP contribution >= 0.6 is 0 Å². The summed E-state index contributed by atoms with van der Waals surface area (Å²) in [6, 6.07) is 5.82. The quantitative estimate of drug-likeness (QED) is 0.105. The summed E-state index contributed by atoms with van der Waals surface area (Å²) in [6.07, 6.45) is 0.549. The van der Waals surface area contributed by atoms with E-state index in [9.17, 15) is 32.4 Å². The molecule has 0 bridgehead atoms. The number of benzene rings is 1. The molecule has 0 spiro atoms. The number of methoxy groups -OCH3 is 2. The predicted octanol–water partition coefficient (Wildman–Crippen LogP) is 3.14. The van der Waals surface area contributed by atoms with E-state index >= 15 is 0 Å². The van der Waals surface area contributed by atoms with Crippen molar-refractivity contribution in [3.63, 3.8) is 0 Å². The summed E-state index contributed by atoms with van der Waals surface area (Å²) in [7, 11) is 2.30. The van der Waals surface area contributed by atoms with E-state index in [4.69, 9.17) is 14.0 Å². The molecule has 1 unspecified atom stereocenters. The third kappa shape index (κ3) is 15.6. The van der Waals surface area contributed by atoms with Crippen molar-refractivity contribution in [1.29, 1.82) is 0 Å². The third-order valence-corrected chi connectivity index (χ3v) is 12.9. The van der Waals surface area contributed by atoms with E-state index in [2.05, 4.69) is 16.0 Å². The minimum atomic E-state index is -4.32. The molecule has 348 valence electrons. The smallest absolute Gasteiger partial charge is 0.266 e. The largest absolute Gasteiger partial charge is 0.379 e. The van der Waals surface area contributed by atoms with Crippen LogP contribution in [0.5, 0.6) is 0 Å². The van der Waals surface area contributed by atoms with E-state index < -0.39 is 76.0 Å². The monoisotopic (exact) mass is 881 g/mol. The minimum absolute atomic E-state index is 0.00472. The van der Waals surface area contributed by atoms with Crippen LogP contribution < -0.4 is 16.0 Å². The van der Waals surface area contributed by atoms with Crippen molar-refractivity contribution in [3.05, 3.63) is 35.9 Å². The standard InChI is InChI=1S/C44H76N6O10S/c1-14-30(8)39(49(11)44(55)37(27(2)3)47-43(54)38(28(4)5)48(10)29(6)7)35(59-12)26-36(51)50-23-18-21-34(50)40(60-13)31(9)41(52)46-33(25-32-19-16-15-17-20-32)42(53)45-22-24-61(56,57)58/h15-17,19-20,27-31,33-35,37-40H,14,18,21-26H2,1-13H3,(H,45,53)(H,46,52)(H,47,54)(H,56,57,58)/t30-,31+,33-,34-,35+,37?,38-,39-,40+/m0/s1. The van der Waals surface area contributed by atoms with Crippen LogP contribution in [0.4, 0.5) is 0 Å². The van der Waals surface area contributed by atoms with Gasteiger partial charge in [0.1, 0.15) is 12.1 Å². The molecule has 4 N–H and O–H groups in total. The Labute approximate surface area is 365 Å². The number of hydrogen-bond acceptors (Lipinski definition) is 10. The Morgan fingerprint density at radius 2 is 1.51 bits per heavy atom. The molecule has 0 aromatic heterocycles. The molecule has 1 aromatic carbocycles. The highest BCUT2D eigenvalue weighted by molar-refractivity contribution is 7.85. The zero-order valence-electron chi connectivity index (χ0n) is 38.8. The molecule has 1 aromatic rings. The molecule has 16 nitrogen and oxygen atoms in total. The fraction of sp³-hybridized carbons (Fsp3) is 0.750. The number of carbonyl (C=O) groups is 5. The second-order valence-electron chi connectivity index (χ2n) is 17.6. The van der Waals surface area contributed by atoms with E-state index in [1.165, 1.54) is 14.2 Å². The van der Waals surface area contributed by atoms with Gasteiger partial charge in [-0.15, -0.1) is 0 Å². The first kappa shape index (κ1) is 53.5. The Balaban J connectivity index is 2.32. The van der Waals surface area contributed by atoms with Crippen molar-refractivity contribution in [2.45, 2.75) is 143 Å². The summed E-state index contributed by atoms with van der Waals surface area (Å²) in [5.74, 6) is -3.62. The first-order chi connectivity index (χ1) is 28.5. The molecule has 1 fully saturated rings. The van der Waals surface area contributed by atoms with Crippen LogP contribution in [0.15, 0.2) is 30.3 Å². The Morgan fingerprint density at radius 3 is 2.02 bits per heavy atom. The fourth-order valence-corrected chi connectivity index (χ4v) is 8.71. The zero-order chi connectivity index (χ0) is 46.4. The highest BCUT2D eigenvalue weighted by Crippen LogP contribution is 2.30. The number of nitrogens with zero attached hydrogens (tertiary/aromatic N) is 3. The van der Waals surface area contributed by atoms with E-state index in [0.29, 0.717) is 25.8 Å². The topological polar surface area (TPSA) is 204 Å². The summed E-state index contributed by atoms with van der Waals surface area (Å²) in [4.78, 5) is 75.0. The summed E-state index contributed by atoms with van der Waals surface area (Å²) in [5.41, 5.74) is 0.760. The number of likely N-dealkylation sites (tertiary alicyclic amines) is 1. The van der Waals surface area contributed by atoms with Crippen molar-refractivity contribution < 1.29 is 46.4 Å². The van der Waals surface area contributed by atoms with Crippen LogP contribution in [0.2, 0.25) is 0 Å². The van der Waals surface area contributed by atoms with Gasteiger partial charge in [-0.2, -0.15) is 8.42 Å². The molecule has 1 heterocycles. The van der Waals surface area contributed by atoms with Gasteiger partial charge in [-0.25, -0.2) is 0 Å².